The van der Waals surface area contributed by atoms with Crippen molar-refractivity contribution in [1.29, 1.82) is 0 Å². The van der Waals surface area contributed by atoms with Gasteiger partial charge in [0.1, 0.15) is 18.9 Å². The first-order chi connectivity index (χ1) is 36.4. The normalized spacial score (nSPS) is 11.4. The topological polar surface area (TPSA) is 228 Å². The molecule has 0 saturated heterocycles. The average Bonchev–Trinajstić information content (AvgIpc) is 4.16. The van der Waals surface area contributed by atoms with Gasteiger partial charge in [-0.05, 0) is 148 Å². The van der Waals surface area contributed by atoms with Crippen molar-refractivity contribution >= 4 is 104 Å². The van der Waals surface area contributed by atoms with E-state index >= 15 is 0 Å². The molecule has 27 heteroatoms. The van der Waals surface area contributed by atoms with E-state index in [9.17, 15) is 37.3 Å². The first-order valence-electron chi connectivity index (χ1n) is 23.7. The summed E-state index contributed by atoms with van der Waals surface area (Å²) in [5.74, 6) is -0.749. The lowest BCUT2D eigenvalue weighted by Gasteiger charge is -2.29. The maximum absolute atomic E-state index is 14.1. The summed E-state index contributed by atoms with van der Waals surface area (Å²) in [6, 6.07) is 10.2. The minimum Gasteiger partial charge on any atom is -0.483 e. The van der Waals surface area contributed by atoms with Gasteiger partial charge < -0.3 is 28.9 Å². The molecule has 6 rings (SSSR count). The van der Waals surface area contributed by atoms with E-state index in [1.165, 1.54) is 43.4 Å². The minimum atomic E-state index is -4.86. The molecule has 0 saturated carbocycles. The maximum atomic E-state index is 14.1. The van der Waals surface area contributed by atoms with Gasteiger partial charge >= 0.3 is 23.8 Å². The smallest absolute Gasteiger partial charge is 0.433 e. The summed E-state index contributed by atoms with van der Waals surface area (Å²) in [6.45, 7) is 18.7. The van der Waals surface area contributed by atoms with Gasteiger partial charge in [0.05, 0.1) is 54.1 Å². The molecule has 0 aliphatic heterocycles. The van der Waals surface area contributed by atoms with Crippen molar-refractivity contribution in [3.8, 4) is 5.06 Å². The summed E-state index contributed by atoms with van der Waals surface area (Å²) >= 11 is 2.55. The van der Waals surface area contributed by atoms with Crippen LogP contribution in [-0.4, -0.2) is 91.6 Å². The van der Waals surface area contributed by atoms with Crippen molar-refractivity contribution in [2.45, 2.75) is 81.3 Å². The van der Waals surface area contributed by atoms with E-state index in [-0.39, 0.29) is 30.4 Å². The Labute approximate surface area is 456 Å². The predicted octanol–water partition coefficient (Wildman–Crippen LogP) is 14.6. The second-order valence-electron chi connectivity index (χ2n) is 17.0. The molecule has 77 heavy (non-hydrogen) atoms. The van der Waals surface area contributed by atoms with Gasteiger partial charge in [0.15, 0.2) is 16.7 Å². The molecule has 20 nitrogen and oxygen atoms in total. The van der Waals surface area contributed by atoms with Crippen LogP contribution in [0, 0.1) is 57.5 Å². The third-order valence-corrected chi connectivity index (χ3v) is 13.7. The number of nitro groups is 1. The predicted molar refractivity (Wildman–Crippen MR) is 293 cm³/mol. The van der Waals surface area contributed by atoms with Crippen molar-refractivity contribution in [3.05, 3.63) is 102 Å². The Morgan fingerprint density at radius 1 is 0.753 bits per heavy atom. The summed E-state index contributed by atoms with van der Waals surface area (Å²) < 4.78 is 79.4. The van der Waals surface area contributed by atoms with Gasteiger partial charge in [-0.25, -0.2) is 4.39 Å². The molecule has 0 aliphatic rings. The molecule has 0 amide bonds. The number of azo groups is 3. The van der Waals surface area contributed by atoms with E-state index in [2.05, 4.69) is 50.7 Å². The van der Waals surface area contributed by atoms with Gasteiger partial charge in [0.25, 0.3) is 5.82 Å². The Kier molecular flexibility index (Phi) is 23.1. The molecule has 0 unspecified atom stereocenters. The number of methoxy groups -OCH3 is 2. The number of aryl methyl sites for hydroxylation is 2. The van der Waals surface area contributed by atoms with Crippen LogP contribution in [0.2, 0.25) is 0 Å². The summed E-state index contributed by atoms with van der Waals surface area (Å²) in [6.07, 6.45) is -3.22. The zero-order valence-electron chi connectivity index (χ0n) is 45.2. The van der Waals surface area contributed by atoms with Crippen molar-refractivity contribution in [2.75, 3.05) is 76.3 Å². The highest BCUT2D eigenvalue weighted by Gasteiger charge is 2.44. The molecule has 0 bridgehead atoms. The first-order valence-corrected chi connectivity index (χ1v) is 26.1. The average molecular weight is 1130 g/mol. The number of hydrogen-bond acceptors (Lipinski definition) is 22. The van der Waals surface area contributed by atoms with Gasteiger partial charge in [-0.3, -0.25) is 19.7 Å². The number of alkyl halides is 3. The van der Waals surface area contributed by atoms with Gasteiger partial charge in [0, 0.05) is 62.0 Å². The quantitative estimate of drug-likeness (QED) is 0.0242. The Hall–Kier alpha value is -7.39. The molecule has 3 aromatic heterocycles. The summed E-state index contributed by atoms with van der Waals surface area (Å²) in [7, 11) is 8.24. The van der Waals surface area contributed by atoms with Crippen LogP contribution in [0.3, 0.4) is 0 Å². The van der Waals surface area contributed by atoms with Crippen molar-refractivity contribution in [1.82, 2.24) is 13.1 Å². The minimum absolute atomic E-state index is 0.0199. The zero-order valence-corrected chi connectivity index (χ0v) is 47.6. The van der Waals surface area contributed by atoms with E-state index in [0.29, 0.717) is 41.7 Å². The van der Waals surface area contributed by atoms with E-state index in [1.807, 2.05) is 90.9 Å². The Morgan fingerprint density at radius 2 is 1.38 bits per heavy atom. The number of ether oxygens (including phenoxy) is 3. The highest BCUT2D eigenvalue weighted by Crippen LogP contribution is 2.45. The molecule has 0 fully saturated rings. The van der Waals surface area contributed by atoms with E-state index in [4.69, 9.17) is 14.2 Å². The Balaban J connectivity index is 0.000000258. The van der Waals surface area contributed by atoms with E-state index in [0.717, 1.165) is 74.0 Å². The number of halogens is 4. The lowest BCUT2D eigenvalue weighted by Crippen LogP contribution is -2.37. The van der Waals surface area contributed by atoms with Crippen LogP contribution >= 0.6 is 34.6 Å². The van der Waals surface area contributed by atoms with Crippen LogP contribution in [-0.2, 0) is 31.7 Å². The number of rotatable bonds is 19. The Morgan fingerprint density at radius 3 is 1.92 bits per heavy atom. The molecule has 3 heterocycles. The summed E-state index contributed by atoms with van der Waals surface area (Å²) in [4.78, 5) is 38.0. The standard InChI is InChI=1S/C23H32N4O5S.C14H17FN4S.C13H12F3N5O2S/c1-9-17-15(5)20(24-25-22-16(6)23(32-10-2)33-26-22)13(3)14(4)21(17)27(11-18(28)30-7)12-19(29)31-8;1-4-6-19(3)13-8-10(2)12(9-11(13)15)16-17-14-5-7-20-18-14;1-7-6-8(20(2)3)4-5-9(7)17-18-12-10(21(22)23)11(24-19-12)13(14,15)16/h9-12H2,1-8H3;5,7-9H,4,6H2,1-3H3;4-6H,1-3H3. The monoisotopic (exact) mass is 1130 g/mol. The van der Waals surface area contributed by atoms with E-state index in [1.54, 1.807) is 36.1 Å². The second-order valence-corrected chi connectivity index (χ2v) is 19.2. The van der Waals surface area contributed by atoms with Crippen LogP contribution in [0.25, 0.3) is 0 Å². The molecule has 0 radical (unpaired) electrons. The molecular weight excluding hydrogens is 1070 g/mol. The van der Waals surface area contributed by atoms with Crippen LogP contribution in [0.4, 0.5) is 74.8 Å². The fraction of sp³-hybridized carbons (Fsp3) is 0.420. The largest absolute Gasteiger partial charge is 0.483 e. The van der Waals surface area contributed by atoms with Gasteiger partial charge in [0.2, 0.25) is 4.88 Å². The highest BCUT2D eigenvalue weighted by atomic mass is 32.1. The maximum Gasteiger partial charge on any atom is 0.433 e. The number of nitrogens with zero attached hydrogens (tertiary/aromatic N) is 13. The summed E-state index contributed by atoms with van der Waals surface area (Å²) in [5, 5.41) is 37.8. The molecule has 6 aromatic rings. The number of esters is 2. The molecule has 0 aliphatic carbocycles. The lowest BCUT2D eigenvalue weighted by atomic mass is 9.93. The van der Waals surface area contributed by atoms with Crippen molar-refractivity contribution < 1.29 is 46.3 Å². The third kappa shape index (κ3) is 16.6. The molecule has 0 atom stereocenters. The highest BCUT2D eigenvalue weighted by molar-refractivity contribution is 7.08. The van der Waals surface area contributed by atoms with Gasteiger partial charge in [-0.15, -0.1) is 30.7 Å². The van der Waals surface area contributed by atoms with Crippen molar-refractivity contribution in [2.24, 2.45) is 30.7 Å². The molecular formula is C50H61F4N13O7S3. The number of hydrogen-bond donors (Lipinski definition) is 0. The fourth-order valence-corrected chi connectivity index (χ4v) is 9.16. The van der Waals surface area contributed by atoms with Crippen LogP contribution in [0.5, 0.6) is 5.06 Å². The summed E-state index contributed by atoms with van der Waals surface area (Å²) in [5.41, 5.74) is 8.98. The van der Waals surface area contributed by atoms with Crippen LogP contribution in [0.15, 0.2) is 72.5 Å². The van der Waals surface area contributed by atoms with Crippen LogP contribution < -0.4 is 19.4 Å². The number of benzene rings is 3. The molecule has 0 N–H and O–H groups in total. The number of anilines is 3. The molecule has 0 spiro atoms. The fourth-order valence-electron chi connectivity index (χ4n) is 7.32. The first kappa shape index (κ1) is 62.2. The molecule has 3 aromatic carbocycles. The SMILES string of the molecule is CCCN(C)c1cc(C)c(N=Nc2ccsn2)cc1F.CCOc1snc(N=Nc2c(C)c(C)c(N(CC(=O)OC)CC(=O)OC)c(CC)c2C)c1C.Cc1cc(N(C)C)ccc1N=Nc1nsc(C(F)(F)F)c1[N+](=O)[O-]. The number of carbonyl (C=O) groups is 2. The van der Waals surface area contributed by atoms with Gasteiger partial charge in [-0.1, -0.05) is 13.8 Å². The van der Waals surface area contributed by atoms with E-state index < -0.39 is 39.4 Å². The molecule has 414 valence electrons. The second kappa shape index (κ2) is 28.7. The third-order valence-electron chi connectivity index (χ3n) is 11.5. The van der Waals surface area contributed by atoms with Crippen LogP contribution in [0.1, 0.15) is 71.0 Å². The Bertz CT molecular complexity index is 3070. The number of aromatic nitrogens is 3. The lowest BCUT2D eigenvalue weighted by molar-refractivity contribution is -0.386. The zero-order chi connectivity index (χ0) is 57.3. The number of carbonyl (C=O) groups excluding carboxylic acids is 2. The van der Waals surface area contributed by atoms with Crippen molar-refractivity contribution in [3.63, 3.8) is 0 Å². The van der Waals surface area contributed by atoms with Gasteiger partial charge in [-0.2, -0.15) is 26.3 Å².